The van der Waals surface area contributed by atoms with Crippen molar-refractivity contribution >= 4 is 16.8 Å². The highest BCUT2D eigenvalue weighted by Gasteiger charge is 2.24. The number of nitrogens with zero attached hydrogens (tertiary/aromatic N) is 2. The van der Waals surface area contributed by atoms with Gasteiger partial charge in [-0.05, 0) is 50.3 Å². The van der Waals surface area contributed by atoms with Crippen LogP contribution in [0.15, 0.2) is 48.5 Å². The van der Waals surface area contributed by atoms with Crippen LogP contribution in [0.4, 0.5) is 0 Å². The van der Waals surface area contributed by atoms with Crippen LogP contribution in [0.1, 0.15) is 41.3 Å². The molecule has 1 fully saturated rings. The Kier molecular flexibility index (Phi) is 4.69. The average Bonchev–Trinajstić information content (AvgIpc) is 2.66. The number of hydrogen-bond donors (Lipinski definition) is 0. The van der Waals surface area contributed by atoms with Gasteiger partial charge >= 0.3 is 0 Å². The number of para-hydroxylation sites is 1. The summed E-state index contributed by atoms with van der Waals surface area (Å²) < 4.78 is 0. The molecular formula is C24H26N2O. The van der Waals surface area contributed by atoms with E-state index in [1.807, 2.05) is 35.2 Å². The van der Waals surface area contributed by atoms with Crippen LogP contribution in [-0.2, 0) is 0 Å². The number of likely N-dealkylation sites (tertiary alicyclic amines) is 1. The molecule has 3 aromatic rings. The molecule has 3 heteroatoms. The van der Waals surface area contributed by atoms with E-state index in [4.69, 9.17) is 4.98 Å². The lowest BCUT2D eigenvalue weighted by Gasteiger charge is -2.31. The topological polar surface area (TPSA) is 33.2 Å². The summed E-state index contributed by atoms with van der Waals surface area (Å²) in [4.78, 5) is 20.3. The normalized spacial score (nSPS) is 17.3. The van der Waals surface area contributed by atoms with Crippen LogP contribution in [0.2, 0.25) is 0 Å². The number of pyridine rings is 1. The summed E-state index contributed by atoms with van der Waals surface area (Å²) in [7, 11) is 0. The molecule has 27 heavy (non-hydrogen) atoms. The van der Waals surface area contributed by atoms with Gasteiger partial charge in [0.15, 0.2) is 0 Å². The molecule has 0 spiro atoms. The summed E-state index contributed by atoms with van der Waals surface area (Å²) >= 11 is 0. The van der Waals surface area contributed by atoms with Crippen LogP contribution in [0.5, 0.6) is 0 Å². The number of amides is 1. The molecule has 138 valence electrons. The number of piperidine rings is 1. The number of carbonyl (C=O) groups is 1. The fraction of sp³-hybridized carbons (Fsp3) is 0.333. The second-order valence-electron chi connectivity index (χ2n) is 7.89. The van der Waals surface area contributed by atoms with E-state index >= 15 is 0 Å². The van der Waals surface area contributed by atoms with Crippen molar-refractivity contribution in [2.45, 2.75) is 33.6 Å². The van der Waals surface area contributed by atoms with Gasteiger partial charge in [-0.15, -0.1) is 0 Å². The highest BCUT2D eigenvalue weighted by atomic mass is 16.2. The van der Waals surface area contributed by atoms with Crippen LogP contribution < -0.4 is 0 Å². The highest BCUT2D eigenvalue weighted by Crippen LogP contribution is 2.29. The van der Waals surface area contributed by atoms with Gasteiger partial charge in [0.2, 0.25) is 0 Å². The Morgan fingerprint density at radius 1 is 1.11 bits per heavy atom. The largest absolute Gasteiger partial charge is 0.338 e. The van der Waals surface area contributed by atoms with E-state index in [9.17, 15) is 4.79 Å². The average molecular weight is 358 g/mol. The molecule has 2 heterocycles. The molecule has 1 atom stereocenters. The van der Waals surface area contributed by atoms with E-state index in [0.717, 1.165) is 47.2 Å². The van der Waals surface area contributed by atoms with Gasteiger partial charge in [-0.3, -0.25) is 4.79 Å². The molecule has 1 saturated heterocycles. The molecule has 0 saturated carbocycles. The van der Waals surface area contributed by atoms with Crippen molar-refractivity contribution in [1.29, 1.82) is 0 Å². The summed E-state index contributed by atoms with van der Waals surface area (Å²) in [5.41, 5.74) is 6.03. The third-order valence-electron chi connectivity index (χ3n) is 5.55. The van der Waals surface area contributed by atoms with Gasteiger partial charge < -0.3 is 4.90 Å². The SMILES string of the molecule is Cc1ccc(-c2cc(C(=O)N3CCC[C@H](C)C3)c3ccccc3n2)c(C)c1. The predicted octanol–water partition coefficient (Wildman–Crippen LogP) is 5.39. The summed E-state index contributed by atoms with van der Waals surface area (Å²) in [5, 5.41) is 0.939. The van der Waals surface area contributed by atoms with E-state index < -0.39 is 0 Å². The fourth-order valence-corrected chi connectivity index (χ4v) is 4.14. The van der Waals surface area contributed by atoms with Crippen molar-refractivity contribution in [3.05, 3.63) is 65.2 Å². The molecule has 0 radical (unpaired) electrons. The van der Waals surface area contributed by atoms with Crippen LogP contribution in [-0.4, -0.2) is 28.9 Å². The maximum atomic E-state index is 13.4. The van der Waals surface area contributed by atoms with E-state index in [1.165, 1.54) is 17.5 Å². The number of carbonyl (C=O) groups excluding carboxylic acids is 1. The van der Waals surface area contributed by atoms with E-state index in [2.05, 4.69) is 39.0 Å². The standard InChI is InChI=1S/C24H26N2O/c1-16-10-11-19(18(3)13-16)23-14-21(20-8-4-5-9-22(20)25-23)24(27)26-12-6-7-17(2)15-26/h4-5,8-11,13-14,17H,6-7,12,15H2,1-3H3/t17-/m0/s1. The zero-order valence-electron chi connectivity index (χ0n) is 16.3. The van der Waals surface area contributed by atoms with Crippen molar-refractivity contribution in [2.24, 2.45) is 5.92 Å². The summed E-state index contributed by atoms with van der Waals surface area (Å²) in [5.74, 6) is 0.695. The van der Waals surface area contributed by atoms with Gasteiger partial charge in [-0.1, -0.05) is 48.9 Å². The summed E-state index contributed by atoms with van der Waals surface area (Å²) in [6, 6.07) is 16.3. The molecule has 1 amide bonds. The van der Waals surface area contributed by atoms with E-state index in [1.54, 1.807) is 0 Å². The maximum Gasteiger partial charge on any atom is 0.254 e. The molecule has 0 N–H and O–H groups in total. The minimum atomic E-state index is 0.131. The lowest BCUT2D eigenvalue weighted by molar-refractivity contribution is 0.0685. The van der Waals surface area contributed by atoms with Crippen LogP contribution >= 0.6 is 0 Å². The Bertz CT molecular complexity index is 1010. The van der Waals surface area contributed by atoms with Crippen molar-refractivity contribution < 1.29 is 4.79 Å². The maximum absolute atomic E-state index is 13.4. The molecule has 1 aliphatic rings. The number of hydrogen-bond acceptors (Lipinski definition) is 2. The van der Waals surface area contributed by atoms with Crippen molar-refractivity contribution in [3.63, 3.8) is 0 Å². The lowest BCUT2D eigenvalue weighted by Crippen LogP contribution is -2.39. The zero-order valence-corrected chi connectivity index (χ0v) is 16.3. The summed E-state index contributed by atoms with van der Waals surface area (Å²) in [6.45, 7) is 8.11. The Morgan fingerprint density at radius 3 is 2.70 bits per heavy atom. The molecule has 0 bridgehead atoms. The number of fused-ring (bicyclic) bond motifs is 1. The number of benzene rings is 2. The van der Waals surface area contributed by atoms with E-state index in [0.29, 0.717) is 5.92 Å². The highest BCUT2D eigenvalue weighted by molar-refractivity contribution is 6.07. The first-order valence-electron chi connectivity index (χ1n) is 9.79. The lowest BCUT2D eigenvalue weighted by atomic mass is 9.97. The van der Waals surface area contributed by atoms with Gasteiger partial charge in [-0.25, -0.2) is 4.98 Å². The molecule has 1 aliphatic heterocycles. The first kappa shape index (κ1) is 17.7. The minimum Gasteiger partial charge on any atom is -0.338 e. The third kappa shape index (κ3) is 3.46. The first-order valence-corrected chi connectivity index (χ1v) is 9.79. The first-order chi connectivity index (χ1) is 13.0. The Morgan fingerprint density at radius 2 is 1.93 bits per heavy atom. The Balaban J connectivity index is 1.85. The molecular weight excluding hydrogens is 332 g/mol. The van der Waals surface area contributed by atoms with Crippen molar-refractivity contribution in [2.75, 3.05) is 13.1 Å². The molecule has 0 aliphatic carbocycles. The predicted molar refractivity (Wildman–Crippen MR) is 111 cm³/mol. The van der Waals surface area contributed by atoms with Crippen molar-refractivity contribution in [3.8, 4) is 11.3 Å². The van der Waals surface area contributed by atoms with Crippen LogP contribution in [0.3, 0.4) is 0 Å². The molecule has 0 unspecified atom stereocenters. The number of aromatic nitrogens is 1. The van der Waals surface area contributed by atoms with Crippen LogP contribution in [0.25, 0.3) is 22.2 Å². The zero-order chi connectivity index (χ0) is 19.0. The second-order valence-corrected chi connectivity index (χ2v) is 7.89. The molecule has 2 aromatic carbocycles. The number of rotatable bonds is 2. The van der Waals surface area contributed by atoms with Gasteiger partial charge in [0, 0.05) is 24.0 Å². The van der Waals surface area contributed by atoms with E-state index in [-0.39, 0.29) is 5.91 Å². The fourth-order valence-electron chi connectivity index (χ4n) is 4.14. The Labute approximate surface area is 161 Å². The monoisotopic (exact) mass is 358 g/mol. The number of aryl methyl sites for hydroxylation is 2. The minimum absolute atomic E-state index is 0.131. The van der Waals surface area contributed by atoms with Gasteiger partial charge in [0.1, 0.15) is 0 Å². The second kappa shape index (κ2) is 7.15. The van der Waals surface area contributed by atoms with Gasteiger partial charge in [0.25, 0.3) is 5.91 Å². The molecule has 3 nitrogen and oxygen atoms in total. The molecule has 1 aromatic heterocycles. The van der Waals surface area contributed by atoms with Crippen LogP contribution in [0, 0.1) is 19.8 Å². The Hall–Kier alpha value is -2.68. The molecule has 4 rings (SSSR count). The smallest absolute Gasteiger partial charge is 0.254 e. The van der Waals surface area contributed by atoms with Gasteiger partial charge in [-0.2, -0.15) is 0 Å². The van der Waals surface area contributed by atoms with Gasteiger partial charge in [0.05, 0.1) is 16.8 Å². The third-order valence-corrected chi connectivity index (χ3v) is 5.55. The summed E-state index contributed by atoms with van der Waals surface area (Å²) in [6.07, 6.45) is 2.29. The van der Waals surface area contributed by atoms with Crippen molar-refractivity contribution in [1.82, 2.24) is 9.88 Å². The quantitative estimate of drug-likeness (QED) is 0.615.